The second kappa shape index (κ2) is 10.9. The topological polar surface area (TPSA) is 54.4 Å². The summed E-state index contributed by atoms with van der Waals surface area (Å²) in [6.07, 6.45) is 4.75. The lowest BCUT2D eigenvalue weighted by molar-refractivity contribution is 0.00445. The molecule has 6 nitrogen and oxygen atoms in total. The molecule has 2 aliphatic rings. The summed E-state index contributed by atoms with van der Waals surface area (Å²) in [4.78, 5) is 4.73. The molecule has 2 saturated heterocycles. The van der Waals surface area contributed by atoms with Crippen molar-refractivity contribution in [2.45, 2.75) is 38.3 Å². The smallest absolute Gasteiger partial charge is 0.161 e. The highest BCUT2D eigenvalue weighted by Gasteiger charge is 2.17. The molecule has 2 heterocycles. The molecule has 1 atom stereocenters. The Labute approximate surface area is 163 Å². The summed E-state index contributed by atoms with van der Waals surface area (Å²) in [5.74, 6) is 1.43. The van der Waals surface area contributed by atoms with Crippen LogP contribution < -0.4 is 9.47 Å². The molecular weight excluding hydrogens is 344 g/mol. The van der Waals surface area contributed by atoms with Crippen LogP contribution in [0.1, 0.15) is 31.2 Å². The Morgan fingerprint density at radius 3 is 2.44 bits per heavy atom. The van der Waals surface area contributed by atoms with Gasteiger partial charge >= 0.3 is 0 Å². The number of methoxy groups -OCH3 is 1. The van der Waals surface area contributed by atoms with Crippen LogP contribution in [0, 0.1) is 0 Å². The maximum atomic E-state index is 10.3. The predicted molar refractivity (Wildman–Crippen MR) is 105 cm³/mol. The van der Waals surface area contributed by atoms with Gasteiger partial charge in [0.2, 0.25) is 0 Å². The Balaban J connectivity index is 1.50. The predicted octanol–water partition coefficient (Wildman–Crippen LogP) is 2.14. The average Bonchev–Trinajstić information content (AvgIpc) is 2.96. The molecule has 0 saturated carbocycles. The van der Waals surface area contributed by atoms with E-state index in [1.807, 2.05) is 6.07 Å². The molecule has 0 aliphatic carbocycles. The minimum atomic E-state index is -0.524. The Bertz CT molecular complexity index is 555. The molecule has 1 N–H and O–H groups in total. The lowest BCUT2D eigenvalue weighted by Crippen LogP contribution is -2.42. The molecule has 152 valence electrons. The monoisotopic (exact) mass is 378 g/mol. The van der Waals surface area contributed by atoms with Gasteiger partial charge in [0.05, 0.1) is 20.3 Å². The van der Waals surface area contributed by atoms with Crippen LogP contribution in [0.2, 0.25) is 0 Å². The molecule has 0 unspecified atom stereocenters. The number of aliphatic hydroxyl groups is 1. The first-order valence-corrected chi connectivity index (χ1v) is 10.2. The van der Waals surface area contributed by atoms with Gasteiger partial charge in [-0.2, -0.15) is 0 Å². The quantitative estimate of drug-likeness (QED) is 0.748. The highest BCUT2D eigenvalue weighted by molar-refractivity contribution is 5.43. The first-order valence-electron chi connectivity index (χ1n) is 10.2. The first kappa shape index (κ1) is 20.4. The summed E-state index contributed by atoms with van der Waals surface area (Å²) in [7, 11) is 1.67. The largest absolute Gasteiger partial charge is 0.493 e. The van der Waals surface area contributed by atoms with Crippen molar-refractivity contribution in [1.82, 2.24) is 9.80 Å². The molecule has 2 fully saturated rings. The second-order valence-corrected chi connectivity index (χ2v) is 7.55. The van der Waals surface area contributed by atoms with Crippen molar-refractivity contribution in [3.05, 3.63) is 23.8 Å². The summed E-state index contributed by atoms with van der Waals surface area (Å²) in [5, 5.41) is 10.3. The van der Waals surface area contributed by atoms with Gasteiger partial charge < -0.3 is 19.3 Å². The van der Waals surface area contributed by atoms with Gasteiger partial charge in [-0.3, -0.25) is 9.80 Å². The van der Waals surface area contributed by atoms with E-state index < -0.39 is 6.10 Å². The lowest BCUT2D eigenvalue weighted by Gasteiger charge is -2.28. The third kappa shape index (κ3) is 6.64. The molecule has 2 aliphatic heterocycles. The SMILES string of the molecule is COc1cc(CN2CCCCCC2)ccc1OC[C@@H](O)CN1CCOCC1. The van der Waals surface area contributed by atoms with Crippen LogP contribution in [-0.2, 0) is 11.3 Å². The van der Waals surface area contributed by atoms with Crippen molar-refractivity contribution in [2.24, 2.45) is 0 Å². The molecule has 1 aromatic carbocycles. The van der Waals surface area contributed by atoms with E-state index in [4.69, 9.17) is 14.2 Å². The van der Waals surface area contributed by atoms with Gasteiger partial charge in [-0.25, -0.2) is 0 Å². The van der Waals surface area contributed by atoms with Crippen molar-refractivity contribution in [2.75, 3.05) is 59.7 Å². The molecule has 0 bridgehead atoms. The van der Waals surface area contributed by atoms with E-state index in [-0.39, 0.29) is 6.61 Å². The van der Waals surface area contributed by atoms with Crippen molar-refractivity contribution in [1.29, 1.82) is 0 Å². The van der Waals surface area contributed by atoms with Crippen LogP contribution in [0.15, 0.2) is 18.2 Å². The van der Waals surface area contributed by atoms with Gasteiger partial charge in [-0.05, 0) is 43.6 Å². The Morgan fingerprint density at radius 2 is 1.74 bits per heavy atom. The highest BCUT2D eigenvalue weighted by atomic mass is 16.5. The van der Waals surface area contributed by atoms with Crippen molar-refractivity contribution >= 4 is 0 Å². The number of morpholine rings is 1. The van der Waals surface area contributed by atoms with Crippen LogP contribution in [0.25, 0.3) is 0 Å². The number of aliphatic hydroxyl groups excluding tert-OH is 1. The minimum Gasteiger partial charge on any atom is -0.493 e. The van der Waals surface area contributed by atoms with Gasteiger partial charge in [-0.1, -0.05) is 18.9 Å². The van der Waals surface area contributed by atoms with Crippen LogP contribution in [-0.4, -0.2) is 80.7 Å². The van der Waals surface area contributed by atoms with E-state index in [0.29, 0.717) is 12.3 Å². The van der Waals surface area contributed by atoms with Gasteiger partial charge in [0.1, 0.15) is 12.7 Å². The molecule has 1 aromatic rings. The molecule has 0 aromatic heterocycles. The third-order valence-corrected chi connectivity index (χ3v) is 5.34. The van der Waals surface area contributed by atoms with Crippen LogP contribution in [0.5, 0.6) is 11.5 Å². The summed E-state index contributed by atoms with van der Waals surface area (Å²) < 4.78 is 16.7. The highest BCUT2D eigenvalue weighted by Crippen LogP contribution is 2.29. The van der Waals surface area contributed by atoms with E-state index in [0.717, 1.165) is 38.6 Å². The summed E-state index contributed by atoms with van der Waals surface area (Å²) in [5.41, 5.74) is 1.25. The molecular formula is C21H34N2O4. The van der Waals surface area contributed by atoms with E-state index in [9.17, 15) is 5.11 Å². The third-order valence-electron chi connectivity index (χ3n) is 5.34. The van der Waals surface area contributed by atoms with E-state index in [1.54, 1.807) is 7.11 Å². The van der Waals surface area contributed by atoms with E-state index in [2.05, 4.69) is 21.9 Å². The molecule has 6 heteroatoms. The fourth-order valence-corrected chi connectivity index (χ4v) is 3.80. The zero-order chi connectivity index (χ0) is 18.9. The number of benzene rings is 1. The second-order valence-electron chi connectivity index (χ2n) is 7.55. The molecule has 0 spiro atoms. The first-order chi connectivity index (χ1) is 13.2. The number of rotatable bonds is 8. The Hall–Kier alpha value is -1.34. The number of hydrogen-bond acceptors (Lipinski definition) is 6. The fraction of sp³-hybridized carbons (Fsp3) is 0.714. The molecule has 0 amide bonds. The maximum Gasteiger partial charge on any atom is 0.161 e. The zero-order valence-electron chi connectivity index (χ0n) is 16.6. The minimum absolute atomic E-state index is 0.263. The average molecular weight is 379 g/mol. The van der Waals surface area contributed by atoms with Gasteiger partial charge in [0.25, 0.3) is 0 Å². The van der Waals surface area contributed by atoms with Gasteiger partial charge in [-0.15, -0.1) is 0 Å². The van der Waals surface area contributed by atoms with E-state index in [1.165, 1.54) is 44.3 Å². The van der Waals surface area contributed by atoms with Crippen molar-refractivity contribution in [3.63, 3.8) is 0 Å². The van der Waals surface area contributed by atoms with E-state index >= 15 is 0 Å². The van der Waals surface area contributed by atoms with Crippen molar-refractivity contribution < 1.29 is 19.3 Å². The van der Waals surface area contributed by atoms with Crippen LogP contribution in [0.4, 0.5) is 0 Å². The molecule has 27 heavy (non-hydrogen) atoms. The number of hydrogen-bond donors (Lipinski definition) is 1. The zero-order valence-corrected chi connectivity index (χ0v) is 16.6. The summed E-state index contributed by atoms with van der Waals surface area (Å²) in [6, 6.07) is 6.14. The molecule has 0 radical (unpaired) electrons. The number of nitrogens with zero attached hydrogens (tertiary/aromatic N) is 2. The van der Waals surface area contributed by atoms with Gasteiger partial charge in [0.15, 0.2) is 11.5 Å². The van der Waals surface area contributed by atoms with Crippen LogP contribution in [0.3, 0.4) is 0 Å². The fourth-order valence-electron chi connectivity index (χ4n) is 3.80. The maximum absolute atomic E-state index is 10.3. The molecule has 3 rings (SSSR count). The van der Waals surface area contributed by atoms with Gasteiger partial charge in [0, 0.05) is 26.2 Å². The normalized spacial score (nSPS) is 20.8. The Morgan fingerprint density at radius 1 is 1.00 bits per heavy atom. The number of β-amino-alcohol motifs (C(OH)–C–C–N with tert-alkyl or cyclic N) is 1. The summed E-state index contributed by atoms with van der Waals surface area (Å²) in [6.45, 7) is 7.38. The standard InChI is InChI=1S/C21H34N2O4/c1-25-21-14-18(15-22-8-4-2-3-5-9-22)6-7-20(21)27-17-19(24)16-23-10-12-26-13-11-23/h6-7,14,19,24H,2-5,8-13,15-17H2,1H3/t19-/m0/s1. The van der Waals surface area contributed by atoms with Crippen LogP contribution >= 0.6 is 0 Å². The van der Waals surface area contributed by atoms with Crippen molar-refractivity contribution in [3.8, 4) is 11.5 Å². The summed E-state index contributed by atoms with van der Waals surface area (Å²) >= 11 is 0. The lowest BCUT2D eigenvalue weighted by atomic mass is 10.2. The number of ether oxygens (including phenoxy) is 3. The Kier molecular flexibility index (Phi) is 8.20. The number of likely N-dealkylation sites (tertiary alicyclic amines) is 1.